The van der Waals surface area contributed by atoms with Crippen molar-refractivity contribution in [3.8, 4) is 11.5 Å². The van der Waals surface area contributed by atoms with Crippen molar-refractivity contribution in [1.82, 2.24) is 5.32 Å². The third-order valence-electron chi connectivity index (χ3n) is 3.42. The Bertz CT molecular complexity index is 967. The van der Waals surface area contributed by atoms with Crippen LogP contribution in [0.15, 0.2) is 50.8 Å². The maximum atomic E-state index is 12.8. The molecule has 1 heterocycles. The number of phenols is 2. The average Bonchev–Trinajstić information content (AvgIpc) is 2.91. The van der Waals surface area contributed by atoms with E-state index in [9.17, 15) is 28.2 Å². The van der Waals surface area contributed by atoms with E-state index in [0.717, 1.165) is 23.9 Å². The van der Waals surface area contributed by atoms with Gasteiger partial charge in [0, 0.05) is 0 Å². The fourth-order valence-electron chi connectivity index (χ4n) is 2.19. The maximum absolute atomic E-state index is 12.8. The molecule has 3 N–H and O–H groups in total. The fourth-order valence-corrected chi connectivity index (χ4v) is 3.50. The Morgan fingerprint density at radius 3 is 2.59 bits per heavy atom. The summed E-state index contributed by atoms with van der Waals surface area (Å²) in [5.74, 6) is -1.17. The zero-order valence-electron chi connectivity index (χ0n) is 13.2. The number of hydrogen-bond donors (Lipinski definition) is 3. The number of phenolic OH excluding ortho intramolecular Hbond substituents is 2. The molecule has 0 aliphatic carbocycles. The van der Waals surface area contributed by atoms with Crippen molar-refractivity contribution < 1.29 is 28.2 Å². The number of aromatic hydroxyl groups is 2. The molecule has 0 spiro atoms. The van der Waals surface area contributed by atoms with Gasteiger partial charge in [-0.05, 0) is 69.7 Å². The van der Waals surface area contributed by atoms with Gasteiger partial charge in [-0.15, -0.1) is 0 Å². The SMILES string of the molecule is O=C1NC(=Nc2cccc(C(F)(F)F)c2)S/C1=C\c1cc(O)c(O)c(Br)c1. The monoisotopic (exact) mass is 458 g/mol. The first-order valence-corrected chi connectivity index (χ1v) is 8.93. The van der Waals surface area contributed by atoms with Crippen molar-refractivity contribution in [2.45, 2.75) is 6.18 Å². The van der Waals surface area contributed by atoms with Crippen molar-refractivity contribution in [3.63, 3.8) is 0 Å². The number of hydrogen-bond acceptors (Lipinski definition) is 5. The number of alkyl halides is 3. The predicted molar refractivity (Wildman–Crippen MR) is 99.7 cm³/mol. The van der Waals surface area contributed by atoms with Gasteiger partial charge >= 0.3 is 6.18 Å². The molecule has 27 heavy (non-hydrogen) atoms. The van der Waals surface area contributed by atoms with E-state index in [4.69, 9.17) is 0 Å². The summed E-state index contributed by atoms with van der Waals surface area (Å²) >= 11 is 4.03. The molecule has 1 saturated heterocycles. The molecule has 0 saturated carbocycles. The quantitative estimate of drug-likeness (QED) is 0.447. The molecule has 1 amide bonds. The van der Waals surface area contributed by atoms with E-state index in [0.29, 0.717) is 5.56 Å². The van der Waals surface area contributed by atoms with Gasteiger partial charge in [-0.2, -0.15) is 13.2 Å². The van der Waals surface area contributed by atoms with E-state index < -0.39 is 17.6 Å². The van der Waals surface area contributed by atoms with Gasteiger partial charge in [0.15, 0.2) is 16.7 Å². The number of amides is 1. The van der Waals surface area contributed by atoms with Crippen molar-refractivity contribution in [2.24, 2.45) is 4.99 Å². The molecular formula is C17H10BrF3N2O3S. The molecule has 2 aromatic rings. The molecule has 10 heteroatoms. The molecule has 140 valence electrons. The summed E-state index contributed by atoms with van der Waals surface area (Å²) in [7, 11) is 0. The van der Waals surface area contributed by atoms with E-state index in [2.05, 4.69) is 26.2 Å². The topological polar surface area (TPSA) is 81.9 Å². The molecule has 0 unspecified atom stereocenters. The number of rotatable bonds is 2. The highest BCUT2D eigenvalue weighted by Crippen LogP contribution is 2.37. The minimum Gasteiger partial charge on any atom is -0.504 e. The maximum Gasteiger partial charge on any atom is 0.416 e. The third-order valence-corrected chi connectivity index (χ3v) is 4.93. The summed E-state index contributed by atoms with van der Waals surface area (Å²) in [5.41, 5.74) is -0.340. The number of carbonyl (C=O) groups is 1. The van der Waals surface area contributed by atoms with Crippen LogP contribution in [0.4, 0.5) is 18.9 Å². The molecule has 0 bridgehead atoms. The number of benzene rings is 2. The second-order valence-corrected chi connectivity index (χ2v) is 7.29. The van der Waals surface area contributed by atoms with Crippen LogP contribution >= 0.6 is 27.7 Å². The highest BCUT2D eigenvalue weighted by Gasteiger charge is 2.30. The van der Waals surface area contributed by atoms with Crippen molar-refractivity contribution in [3.05, 3.63) is 56.9 Å². The molecule has 0 atom stereocenters. The van der Waals surface area contributed by atoms with Gasteiger partial charge < -0.3 is 15.5 Å². The lowest BCUT2D eigenvalue weighted by molar-refractivity contribution is -0.137. The van der Waals surface area contributed by atoms with E-state index >= 15 is 0 Å². The van der Waals surface area contributed by atoms with Gasteiger partial charge in [0.25, 0.3) is 5.91 Å². The number of nitrogens with one attached hydrogen (secondary N) is 1. The van der Waals surface area contributed by atoms with Crippen LogP contribution in [0.5, 0.6) is 11.5 Å². The predicted octanol–water partition coefficient (Wildman–Crippen LogP) is 4.77. The molecule has 1 aliphatic heterocycles. The van der Waals surface area contributed by atoms with Crippen LogP contribution in [0, 0.1) is 0 Å². The van der Waals surface area contributed by atoms with Crippen LogP contribution in [0.25, 0.3) is 6.08 Å². The molecular weight excluding hydrogens is 449 g/mol. The number of amidine groups is 1. The Morgan fingerprint density at radius 2 is 1.93 bits per heavy atom. The molecule has 5 nitrogen and oxygen atoms in total. The number of aliphatic imine (C=N–C) groups is 1. The van der Waals surface area contributed by atoms with Crippen LogP contribution in [-0.4, -0.2) is 21.3 Å². The first kappa shape index (κ1) is 19.3. The lowest BCUT2D eigenvalue weighted by Crippen LogP contribution is -2.19. The Balaban J connectivity index is 1.86. The lowest BCUT2D eigenvalue weighted by Gasteiger charge is -2.06. The summed E-state index contributed by atoms with van der Waals surface area (Å²) in [5, 5.41) is 21.8. The molecule has 1 aliphatic rings. The number of nitrogens with zero attached hydrogens (tertiary/aromatic N) is 1. The second-order valence-electron chi connectivity index (χ2n) is 5.40. The normalized spacial score (nSPS) is 17.6. The van der Waals surface area contributed by atoms with Crippen molar-refractivity contribution in [2.75, 3.05) is 0 Å². The molecule has 0 radical (unpaired) electrons. The van der Waals surface area contributed by atoms with Crippen LogP contribution in [-0.2, 0) is 11.0 Å². The van der Waals surface area contributed by atoms with Crippen LogP contribution < -0.4 is 5.32 Å². The van der Waals surface area contributed by atoms with Gasteiger partial charge in [0.2, 0.25) is 0 Å². The lowest BCUT2D eigenvalue weighted by atomic mass is 10.2. The van der Waals surface area contributed by atoms with Gasteiger partial charge in [0.05, 0.1) is 20.6 Å². The van der Waals surface area contributed by atoms with E-state index in [1.807, 2.05) is 0 Å². The van der Waals surface area contributed by atoms with Gasteiger partial charge in [-0.25, -0.2) is 4.99 Å². The molecule has 3 rings (SSSR count). The van der Waals surface area contributed by atoms with Crippen LogP contribution in [0.1, 0.15) is 11.1 Å². The molecule has 2 aromatic carbocycles. The first-order valence-electron chi connectivity index (χ1n) is 7.32. The summed E-state index contributed by atoms with van der Waals surface area (Å²) in [4.78, 5) is 16.3. The Labute approximate surface area is 163 Å². The Hall–Kier alpha value is -2.46. The number of halogens is 4. The smallest absolute Gasteiger partial charge is 0.416 e. The second kappa shape index (κ2) is 7.28. The number of thioether (sulfide) groups is 1. The highest BCUT2D eigenvalue weighted by atomic mass is 79.9. The number of carbonyl (C=O) groups excluding carboxylic acids is 1. The third kappa shape index (κ3) is 4.45. The van der Waals surface area contributed by atoms with Gasteiger partial charge in [0.1, 0.15) is 0 Å². The highest BCUT2D eigenvalue weighted by molar-refractivity contribution is 9.10. The minimum absolute atomic E-state index is 0.0545. The summed E-state index contributed by atoms with van der Waals surface area (Å²) in [6.45, 7) is 0. The van der Waals surface area contributed by atoms with Gasteiger partial charge in [-0.1, -0.05) is 6.07 Å². The van der Waals surface area contributed by atoms with Gasteiger partial charge in [-0.3, -0.25) is 4.79 Å². The zero-order chi connectivity index (χ0) is 19.8. The Kier molecular flexibility index (Phi) is 5.20. The molecule has 0 aromatic heterocycles. The minimum atomic E-state index is -4.48. The largest absolute Gasteiger partial charge is 0.504 e. The first-order chi connectivity index (χ1) is 12.6. The summed E-state index contributed by atoms with van der Waals surface area (Å²) in [6.07, 6.45) is -3.03. The van der Waals surface area contributed by atoms with Crippen LogP contribution in [0.3, 0.4) is 0 Å². The van der Waals surface area contributed by atoms with Crippen molar-refractivity contribution in [1.29, 1.82) is 0 Å². The Morgan fingerprint density at radius 1 is 1.19 bits per heavy atom. The van der Waals surface area contributed by atoms with Crippen LogP contribution in [0.2, 0.25) is 0 Å². The average molecular weight is 459 g/mol. The fraction of sp³-hybridized carbons (Fsp3) is 0.0588. The molecule has 1 fully saturated rings. The van der Waals surface area contributed by atoms with E-state index in [1.54, 1.807) is 0 Å². The van der Waals surface area contributed by atoms with E-state index in [1.165, 1.54) is 30.3 Å². The summed E-state index contributed by atoms with van der Waals surface area (Å²) < 4.78 is 38.5. The standard InChI is InChI=1S/C17H10BrF3N2O3S/c18-11-4-8(5-12(24)14(11)25)6-13-15(26)23-16(27-13)22-10-3-1-2-9(7-10)17(19,20)21/h1-7,24-25H,(H,22,23,26)/b13-6-. The zero-order valence-corrected chi connectivity index (χ0v) is 15.6. The van der Waals surface area contributed by atoms with E-state index in [-0.39, 0.29) is 31.7 Å². The summed E-state index contributed by atoms with van der Waals surface area (Å²) in [6, 6.07) is 7.21. The van der Waals surface area contributed by atoms with Crippen molar-refractivity contribution >= 4 is 50.5 Å².